The summed E-state index contributed by atoms with van der Waals surface area (Å²) in [7, 11) is 0. The number of imide groups is 1. The molecule has 26 heavy (non-hydrogen) atoms. The number of aliphatic carboxylic acids is 1. The third kappa shape index (κ3) is 3.29. The first-order valence-corrected chi connectivity index (χ1v) is 7.26. The van der Waals surface area contributed by atoms with Crippen molar-refractivity contribution in [2.75, 3.05) is 6.54 Å². The molecule has 3 rings (SSSR count). The quantitative estimate of drug-likeness (QED) is 0.359. The zero-order valence-electron chi connectivity index (χ0n) is 13.0. The second-order valence-electron chi connectivity index (χ2n) is 5.28. The molecule has 1 saturated heterocycles. The van der Waals surface area contributed by atoms with Crippen molar-refractivity contribution in [3.8, 4) is 11.3 Å². The summed E-state index contributed by atoms with van der Waals surface area (Å²) in [6, 6.07) is 8.02. The fraction of sp³-hybridized carbons (Fsp3) is 0.0625. The standard InChI is InChI=1S/C16H11N3O7/c20-14(21)8-18-15(22)12(17-16(18)23)7-11-5-6-13(26-11)9-1-3-10(4-2-9)19(24)25/h1-7H,8H2,(H,17,23)(H,20,21)/b12-7-. The van der Waals surface area contributed by atoms with Crippen molar-refractivity contribution in [3.05, 3.63) is 58.0 Å². The van der Waals surface area contributed by atoms with Crippen LogP contribution in [0.15, 0.2) is 46.5 Å². The first kappa shape index (κ1) is 16.9. The van der Waals surface area contributed by atoms with Gasteiger partial charge >= 0.3 is 12.0 Å². The van der Waals surface area contributed by atoms with Gasteiger partial charge in [-0.25, -0.2) is 9.69 Å². The van der Waals surface area contributed by atoms with Crippen molar-refractivity contribution in [2.24, 2.45) is 0 Å². The number of hydrogen-bond acceptors (Lipinski definition) is 6. The number of nitrogens with one attached hydrogen (secondary N) is 1. The summed E-state index contributed by atoms with van der Waals surface area (Å²) in [6.45, 7) is -0.742. The van der Waals surface area contributed by atoms with E-state index < -0.39 is 29.4 Å². The van der Waals surface area contributed by atoms with E-state index in [4.69, 9.17) is 9.52 Å². The molecule has 0 spiro atoms. The van der Waals surface area contributed by atoms with Gasteiger partial charge in [0.1, 0.15) is 23.8 Å². The highest BCUT2D eigenvalue weighted by Crippen LogP contribution is 2.26. The minimum atomic E-state index is -1.31. The Kier molecular flexibility index (Phi) is 4.23. The second kappa shape index (κ2) is 6.51. The largest absolute Gasteiger partial charge is 0.480 e. The lowest BCUT2D eigenvalue weighted by Gasteiger charge is -2.06. The summed E-state index contributed by atoms with van der Waals surface area (Å²) in [5.41, 5.74) is 0.427. The number of furan rings is 1. The number of carbonyl (C=O) groups excluding carboxylic acids is 2. The number of nitro benzene ring substituents is 1. The maximum Gasteiger partial charge on any atom is 0.329 e. The molecule has 1 aliphatic heterocycles. The number of nitrogens with zero attached hydrogens (tertiary/aromatic N) is 2. The van der Waals surface area contributed by atoms with E-state index in [1.807, 2.05) is 0 Å². The van der Waals surface area contributed by atoms with Gasteiger partial charge in [0.15, 0.2) is 0 Å². The summed E-state index contributed by atoms with van der Waals surface area (Å²) in [5, 5.41) is 21.7. The molecule has 0 radical (unpaired) electrons. The number of benzene rings is 1. The Balaban J connectivity index is 1.81. The van der Waals surface area contributed by atoms with Crippen LogP contribution in [0.25, 0.3) is 17.4 Å². The van der Waals surface area contributed by atoms with E-state index >= 15 is 0 Å². The summed E-state index contributed by atoms with van der Waals surface area (Å²) in [5.74, 6) is -1.43. The Hall–Kier alpha value is -3.95. The molecule has 1 aliphatic rings. The highest BCUT2D eigenvalue weighted by Gasteiger charge is 2.35. The first-order chi connectivity index (χ1) is 12.3. The number of rotatable bonds is 5. The van der Waals surface area contributed by atoms with E-state index in [0.717, 1.165) is 0 Å². The molecule has 10 heteroatoms. The minimum absolute atomic E-state index is 0.0552. The van der Waals surface area contributed by atoms with Crippen LogP contribution in [-0.2, 0) is 9.59 Å². The van der Waals surface area contributed by atoms with Crippen molar-refractivity contribution in [2.45, 2.75) is 0 Å². The normalized spacial score (nSPS) is 15.4. The average Bonchev–Trinajstić information content (AvgIpc) is 3.15. The summed E-state index contributed by atoms with van der Waals surface area (Å²) in [6.07, 6.45) is 1.27. The van der Waals surface area contributed by atoms with E-state index in [1.165, 1.54) is 30.3 Å². The molecule has 1 aromatic heterocycles. The molecule has 2 heterocycles. The predicted octanol–water partition coefficient (Wildman–Crippen LogP) is 1.83. The molecule has 0 bridgehead atoms. The zero-order chi connectivity index (χ0) is 18.8. The van der Waals surface area contributed by atoms with Crippen LogP contribution >= 0.6 is 0 Å². The molecule has 1 aromatic carbocycles. The maximum absolute atomic E-state index is 12.0. The molecule has 10 nitrogen and oxygen atoms in total. The van der Waals surface area contributed by atoms with Gasteiger partial charge in [-0.3, -0.25) is 19.7 Å². The molecular weight excluding hydrogens is 346 g/mol. The number of carboxylic acids is 1. The van der Waals surface area contributed by atoms with Crippen LogP contribution in [0, 0.1) is 10.1 Å². The number of amides is 3. The van der Waals surface area contributed by atoms with Crippen molar-refractivity contribution < 1.29 is 28.8 Å². The molecule has 3 amide bonds. The molecule has 2 N–H and O–H groups in total. The Morgan fingerprint density at radius 1 is 1.23 bits per heavy atom. The summed E-state index contributed by atoms with van der Waals surface area (Å²) < 4.78 is 5.55. The number of carbonyl (C=O) groups is 3. The average molecular weight is 357 g/mol. The number of urea groups is 1. The van der Waals surface area contributed by atoms with E-state index in [1.54, 1.807) is 12.1 Å². The van der Waals surface area contributed by atoms with Gasteiger partial charge in [0, 0.05) is 23.8 Å². The minimum Gasteiger partial charge on any atom is -0.480 e. The second-order valence-corrected chi connectivity index (χ2v) is 5.28. The third-order valence-corrected chi connectivity index (χ3v) is 3.53. The van der Waals surface area contributed by atoms with Gasteiger partial charge in [0.05, 0.1) is 4.92 Å². The van der Waals surface area contributed by atoms with Crippen LogP contribution in [0.2, 0.25) is 0 Å². The predicted molar refractivity (Wildman–Crippen MR) is 86.7 cm³/mol. The number of non-ortho nitro benzene ring substituents is 1. The van der Waals surface area contributed by atoms with Crippen LogP contribution < -0.4 is 5.32 Å². The van der Waals surface area contributed by atoms with Crippen LogP contribution in [0.5, 0.6) is 0 Å². The zero-order valence-corrected chi connectivity index (χ0v) is 13.0. The highest BCUT2D eigenvalue weighted by molar-refractivity contribution is 6.14. The fourth-order valence-corrected chi connectivity index (χ4v) is 2.33. The summed E-state index contributed by atoms with van der Waals surface area (Å²) in [4.78, 5) is 45.1. The van der Waals surface area contributed by atoms with Crippen molar-refractivity contribution >= 4 is 29.7 Å². The van der Waals surface area contributed by atoms with Gasteiger partial charge in [0.2, 0.25) is 0 Å². The Morgan fingerprint density at radius 3 is 2.54 bits per heavy atom. The topological polar surface area (TPSA) is 143 Å². The van der Waals surface area contributed by atoms with E-state index in [2.05, 4.69) is 5.32 Å². The van der Waals surface area contributed by atoms with E-state index in [0.29, 0.717) is 16.2 Å². The van der Waals surface area contributed by atoms with Gasteiger partial charge in [-0.2, -0.15) is 0 Å². The monoisotopic (exact) mass is 357 g/mol. The SMILES string of the molecule is O=C(O)CN1C(=O)N/C(=C\c2ccc(-c3ccc([N+](=O)[O-])cc3)o2)C1=O. The maximum atomic E-state index is 12.0. The Morgan fingerprint density at radius 2 is 1.92 bits per heavy atom. The van der Waals surface area contributed by atoms with Crippen molar-refractivity contribution in [1.82, 2.24) is 10.2 Å². The molecule has 2 aromatic rings. The Bertz CT molecular complexity index is 943. The Labute approximate surface area is 145 Å². The van der Waals surface area contributed by atoms with Crippen molar-refractivity contribution in [1.29, 1.82) is 0 Å². The lowest BCUT2D eigenvalue weighted by Crippen LogP contribution is -2.35. The summed E-state index contributed by atoms with van der Waals surface area (Å²) >= 11 is 0. The van der Waals surface area contributed by atoms with Gasteiger partial charge in [-0.1, -0.05) is 0 Å². The molecular formula is C16H11N3O7. The van der Waals surface area contributed by atoms with Crippen LogP contribution in [0.3, 0.4) is 0 Å². The molecule has 132 valence electrons. The number of carboxylic acid groups (broad SMARTS) is 1. The van der Waals surface area contributed by atoms with Crippen molar-refractivity contribution in [3.63, 3.8) is 0 Å². The fourth-order valence-electron chi connectivity index (χ4n) is 2.33. The van der Waals surface area contributed by atoms with E-state index in [9.17, 15) is 24.5 Å². The smallest absolute Gasteiger partial charge is 0.329 e. The molecule has 1 fully saturated rings. The molecule has 0 atom stereocenters. The van der Waals surface area contributed by atoms with Crippen LogP contribution in [-0.4, -0.2) is 39.4 Å². The van der Waals surface area contributed by atoms with Crippen LogP contribution in [0.1, 0.15) is 5.76 Å². The first-order valence-electron chi connectivity index (χ1n) is 7.26. The lowest BCUT2D eigenvalue weighted by molar-refractivity contribution is -0.384. The van der Waals surface area contributed by atoms with Gasteiger partial charge in [-0.15, -0.1) is 0 Å². The lowest BCUT2D eigenvalue weighted by atomic mass is 10.1. The molecule has 0 unspecified atom stereocenters. The number of nitro groups is 1. The molecule has 0 aliphatic carbocycles. The van der Waals surface area contributed by atoms with E-state index in [-0.39, 0.29) is 17.1 Å². The third-order valence-electron chi connectivity index (χ3n) is 3.53. The van der Waals surface area contributed by atoms with Gasteiger partial charge < -0.3 is 14.8 Å². The molecule has 0 saturated carbocycles. The van der Waals surface area contributed by atoms with Gasteiger partial charge in [0.25, 0.3) is 11.6 Å². The highest BCUT2D eigenvalue weighted by atomic mass is 16.6. The van der Waals surface area contributed by atoms with Gasteiger partial charge in [-0.05, 0) is 24.3 Å². The number of hydrogen-bond donors (Lipinski definition) is 2. The van der Waals surface area contributed by atoms with Crippen LogP contribution in [0.4, 0.5) is 10.5 Å².